The Kier molecular flexibility index (Phi) is 11.2. The van der Waals surface area contributed by atoms with Crippen LogP contribution in [-0.2, 0) is 38.1 Å². The molecule has 0 aromatic heterocycles. The molecule has 5 aliphatic heterocycles. The van der Waals surface area contributed by atoms with Gasteiger partial charge in [-0.3, -0.25) is 24.1 Å². The van der Waals surface area contributed by atoms with E-state index in [1.165, 1.54) is 12.0 Å². The Morgan fingerprint density at radius 1 is 1.06 bits per heavy atom. The largest absolute Gasteiger partial charge is 0.455 e. The van der Waals surface area contributed by atoms with E-state index in [9.17, 15) is 24.3 Å². The van der Waals surface area contributed by atoms with Crippen molar-refractivity contribution >= 4 is 39.6 Å². The highest BCUT2D eigenvalue weighted by Crippen LogP contribution is 2.59. The summed E-state index contributed by atoms with van der Waals surface area (Å²) in [6, 6.07) is 6.48. The van der Waals surface area contributed by atoms with Crippen molar-refractivity contribution in [3.63, 3.8) is 0 Å². The summed E-state index contributed by atoms with van der Waals surface area (Å²) in [5, 5.41) is 13.3. The molecule has 0 radical (unpaired) electrons. The van der Waals surface area contributed by atoms with Crippen molar-refractivity contribution in [1.29, 1.82) is 0 Å². The molecule has 266 valence electrons. The quantitative estimate of drug-likeness (QED) is 0.294. The summed E-state index contributed by atoms with van der Waals surface area (Å²) in [6.07, 6.45) is 4.26. The standard InChI is InChI=1S/C35H45BrN4O9/c1-22(20-41)40-31-33(44)39(14-13-38-15-17-47-18-16-38)12-8-4-7-11-26(42)37-25(21-46-2)29(23-9-5-3-6-10-23)48-34(45)27-28(32(40)43)35(31)19-24(36)30(27)49-35/h3-6,8-10,19,22,25,27-31,41H,7,11-18,20-21H2,1-2H3,(H,37,42)/b8-4-/t22-,25-,27+,28-,29-,30+,31+,35-/m1/s1. The topological polar surface area (TPSA) is 147 Å². The molecule has 1 spiro atoms. The van der Waals surface area contributed by atoms with E-state index in [4.69, 9.17) is 18.9 Å². The van der Waals surface area contributed by atoms with Gasteiger partial charge in [0.1, 0.15) is 29.8 Å². The van der Waals surface area contributed by atoms with Gasteiger partial charge < -0.3 is 39.2 Å². The van der Waals surface area contributed by atoms with Gasteiger partial charge in [0, 0.05) is 50.7 Å². The SMILES string of the molecule is COC[C@H]1NC(=O)CC/C=C\CN(CCN2CCOCC2)C(=O)[C@@H]2N([C@H](C)CO)C(=O)[C@H]3[C@H](C(=O)O[C@@H]1c1ccccc1)[C@H]1O[C@@]23C=C1Br. The fourth-order valence-electron chi connectivity index (χ4n) is 7.75. The Hall–Kier alpha value is -3.14. The predicted molar refractivity (Wildman–Crippen MR) is 180 cm³/mol. The molecule has 1 aromatic rings. The van der Waals surface area contributed by atoms with E-state index in [0.717, 1.165) is 13.1 Å². The number of nitrogens with one attached hydrogen (secondary N) is 1. The Morgan fingerprint density at radius 2 is 1.82 bits per heavy atom. The van der Waals surface area contributed by atoms with E-state index in [0.29, 0.717) is 42.8 Å². The lowest BCUT2D eigenvalue weighted by Crippen LogP contribution is -2.58. The number of aliphatic hydroxyl groups is 1. The molecule has 5 heterocycles. The first-order valence-corrected chi connectivity index (χ1v) is 17.8. The lowest BCUT2D eigenvalue weighted by molar-refractivity contribution is -0.163. The molecule has 13 nitrogen and oxygen atoms in total. The molecule has 1 aromatic carbocycles. The lowest BCUT2D eigenvalue weighted by Gasteiger charge is -2.38. The second-order valence-electron chi connectivity index (χ2n) is 13.3. The molecule has 3 fully saturated rings. The van der Waals surface area contributed by atoms with Gasteiger partial charge in [0.15, 0.2) is 0 Å². The molecular formula is C35H45BrN4O9. The van der Waals surface area contributed by atoms with E-state index in [1.54, 1.807) is 30.0 Å². The van der Waals surface area contributed by atoms with Crippen molar-refractivity contribution in [2.45, 2.75) is 55.7 Å². The van der Waals surface area contributed by atoms with Gasteiger partial charge in [0.2, 0.25) is 17.7 Å². The number of likely N-dealkylation sites (tertiary alicyclic amines) is 1. The van der Waals surface area contributed by atoms with E-state index in [2.05, 4.69) is 26.1 Å². The minimum atomic E-state index is -1.47. The second-order valence-corrected chi connectivity index (χ2v) is 14.2. The molecule has 0 unspecified atom stereocenters. The number of amides is 3. The minimum absolute atomic E-state index is 0.0609. The third-order valence-corrected chi connectivity index (χ3v) is 10.9. The van der Waals surface area contributed by atoms with Gasteiger partial charge in [-0.05, 0) is 25.0 Å². The number of allylic oxidation sites excluding steroid dienone is 1. The van der Waals surface area contributed by atoms with E-state index in [1.807, 2.05) is 30.4 Å². The molecule has 8 atom stereocenters. The van der Waals surface area contributed by atoms with Gasteiger partial charge in [0.25, 0.3) is 0 Å². The Morgan fingerprint density at radius 3 is 2.53 bits per heavy atom. The normalized spacial score (nSPS) is 34.0. The van der Waals surface area contributed by atoms with Crippen LogP contribution in [0.1, 0.15) is 31.4 Å². The van der Waals surface area contributed by atoms with Crippen molar-refractivity contribution in [3.05, 3.63) is 58.6 Å². The van der Waals surface area contributed by atoms with Gasteiger partial charge in [-0.1, -0.05) is 58.4 Å². The summed E-state index contributed by atoms with van der Waals surface area (Å²) in [6.45, 7) is 5.27. The number of nitrogens with zero attached hydrogens (tertiary/aromatic N) is 3. The van der Waals surface area contributed by atoms with Crippen molar-refractivity contribution in [2.24, 2.45) is 11.8 Å². The van der Waals surface area contributed by atoms with Crippen LogP contribution in [0.5, 0.6) is 0 Å². The molecule has 6 rings (SSSR count). The van der Waals surface area contributed by atoms with Crippen LogP contribution in [-0.4, -0.2) is 140 Å². The van der Waals surface area contributed by atoms with Crippen LogP contribution in [0.25, 0.3) is 0 Å². The number of methoxy groups -OCH3 is 1. The van der Waals surface area contributed by atoms with Crippen molar-refractivity contribution in [2.75, 3.05) is 66.3 Å². The number of carbonyl (C=O) groups excluding carboxylic acids is 4. The lowest BCUT2D eigenvalue weighted by atomic mass is 9.74. The summed E-state index contributed by atoms with van der Waals surface area (Å²) in [5.41, 5.74) is -0.830. The highest BCUT2D eigenvalue weighted by Gasteiger charge is 2.75. The number of fused-ring (bicyclic) bond motifs is 2. The van der Waals surface area contributed by atoms with Crippen LogP contribution < -0.4 is 5.32 Å². The second kappa shape index (κ2) is 15.4. The van der Waals surface area contributed by atoms with Gasteiger partial charge >= 0.3 is 5.97 Å². The van der Waals surface area contributed by atoms with Crippen LogP contribution in [0, 0.1) is 11.8 Å². The maximum Gasteiger partial charge on any atom is 0.313 e. The van der Waals surface area contributed by atoms with Crippen LogP contribution in [0.15, 0.2) is 53.0 Å². The first-order valence-electron chi connectivity index (χ1n) is 17.0. The molecule has 5 bridgehead atoms. The van der Waals surface area contributed by atoms with Crippen LogP contribution in [0.4, 0.5) is 0 Å². The number of hydrogen-bond donors (Lipinski definition) is 2. The molecule has 49 heavy (non-hydrogen) atoms. The Labute approximate surface area is 294 Å². The molecule has 5 aliphatic rings. The smallest absolute Gasteiger partial charge is 0.313 e. The zero-order chi connectivity index (χ0) is 34.7. The Bertz CT molecular complexity index is 1450. The number of carbonyl (C=O) groups is 4. The number of hydrogen-bond acceptors (Lipinski definition) is 10. The summed E-state index contributed by atoms with van der Waals surface area (Å²) < 4.78 is 24.4. The maximum atomic E-state index is 14.8. The number of ether oxygens (including phenoxy) is 4. The fourth-order valence-corrected chi connectivity index (χ4v) is 8.48. The van der Waals surface area contributed by atoms with Crippen LogP contribution in [0.3, 0.4) is 0 Å². The first-order chi connectivity index (χ1) is 23.7. The van der Waals surface area contributed by atoms with Gasteiger partial charge in [0.05, 0.1) is 44.4 Å². The van der Waals surface area contributed by atoms with E-state index < -0.39 is 59.6 Å². The number of cyclic esters (lactones) is 1. The molecule has 0 aliphatic carbocycles. The van der Waals surface area contributed by atoms with Gasteiger partial charge in [-0.25, -0.2) is 0 Å². The zero-order valence-corrected chi connectivity index (χ0v) is 29.5. The average molecular weight is 746 g/mol. The zero-order valence-electron chi connectivity index (χ0n) is 27.9. The highest BCUT2D eigenvalue weighted by molar-refractivity contribution is 9.11. The number of rotatable bonds is 8. The number of aliphatic hydroxyl groups excluding tert-OH is 1. The number of halogens is 1. The molecule has 3 amide bonds. The van der Waals surface area contributed by atoms with Gasteiger partial charge in [-0.15, -0.1) is 0 Å². The predicted octanol–water partition coefficient (Wildman–Crippen LogP) is 1.17. The van der Waals surface area contributed by atoms with E-state index >= 15 is 0 Å². The Balaban J connectivity index is 1.41. The fraction of sp³-hybridized carbons (Fsp3) is 0.600. The van der Waals surface area contributed by atoms with Crippen molar-refractivity contribution in [3.8, 4) is 0 Å². The first kappa shape index (κ1) is 35.7. The summed E-state index contributed by atoms with van der Waals surface area (Å²) >= 11 is 3.59. The number of morpholine rings is 1. The third kappa shape index (κ3) is 6.95. The summed E-state index contributed by atoms with van der Waals surface area (Å²) in [5.74, 6) is -3.91. The van der Waals surface area contributed by atoms with E-state index in [-0.39, 0.29) is 38.0 Å². The molecule has 14 heteroatoms. The third-order valence-electron chi connectivity index (χ3n) is 10.2. The average Bonchev–Trinajstić information content (AvgIpc) is 3.71. The molecular weight excluding hydrogens is 700 g/mol. The number of benzene rings is 1. The highest BCUT2D eigenvalue weighted by atomic mass is 79.9. The monoisotopic (exact) mass is 744 g/mol. The van der Waals surface area contributed by atoms with Crippen molar-refractivity contribution < 1.29 is 43.2 Å². The minimum Gasteiger partial charge on any atom is -0.455 e. The molecule has 2 N–H and O–H groups in total. The van der Waals surface area contributed by atoms with Crippen molar-refractivity contribution in [1.82, 2.24) is 20.0 Å². The molecule has 0 saturated carbocycles. The molecule has 3 saturated heterocycles. The summed E-state index contributed by atoms with van der Waals surface area (Å²) in [7, 11) is 1.51. The summed E-state index contributed by atoms with van der Waals surface area (Å²) in [4.78, 5) is 62.3. The van der Waals surface area contributed by atoms with Crippen LogP contribution >= 0.6 is 15.9 Å². The number of esters is 1. The van der Waals surface area contributed by atoms with Gasteiger partial charge in [-0.2, -0.15) is 0 Å². The van der Waals surface area contributed by atoms with Crippen LogP contribution in [0.2, 0.25) is 0 Å². The maximum absolute atomic E-state index is 14.8.